The van der Waals surface area contributed by atoms with E-state index in [1.165, 1.54) is 10.4 Å². The molecular formula is C14H12N2O2S. The van der Waals surface area contributed by atoms with Gasteiger partial charge in [0.1, 0.15) is 0 Å². The zero-order chi connectivity index (χ0) is 13.2. The molecule has 0 amide bonds. The number of hydrogen-bond acceptors (Lipinski definition) is 3. The molecule has 5 heteroatoms. The summed E-state index contributed by atoms with van der Waals surface area (Å²) in [6.45, 7) is 0. The van der Waals surface area contributed by atoms with E-state index in [1.54, 1.807) is 17.5 Å². The van der Waals surface area contributed by atoms with Crippen LogP contribution in [0.5, 0.6) is 0 Å². The summed E-state index contributed by atoms with van der Waals surface area (Å²) in [6.07, 6.45) is 4.66. The maximum Gasteiger partial charge on any atom is 0.309 e. The largest absolute Gasteiger partial charge is 0.481 e. The summed E-state index contributed by atoms with van der Waals surface area (Å²) in [4.78, 5) is 17.0. The highest BCUT2D eigenvalue weighted by molar-refractivity contribution is 7.17. The van der Waals surface area contributed by atoms with Crippen molar-refractivity contribution in [2.24, 2.45) is 0 Å². The number of aromatic nitrogens is 2. The quantitative estimate of drug-likeness (QED) is 0.794. The van der Waals surface area contributed by atoms with Gasteiger partial charge in [-0.05, 0) is 5.56 Å². The van der Waals surface area contributed by atoms with Crippen LogP contribution in [0.15, 0.2) is 42.7 Å². The summed E-state index contributed by atoms with van der Waals surface area (Å²) in [5.74, 6) is -0.852. The highest BCUT2D eigenvalue weighted by Crippen LogP contribution is 2.21. The summed E-state index contributed by atoms with van der Waals surface area (Å²) in [6, 6.07) is 10.2. The van der Waals surface area contributed by atoms with E-state index in [0.717, 1.165) is 11.4 Å². The molecule has 0 aliphatic carbocycles. The number of benzene rings is 1. The Balaban J connectivity index is 1.83. The predicted octanol–water partition coefficient (Wildman–Crippen LogP) is 2.61. The lowest BCUT2D eigenvalue weighted by molar-refractivity contribution is -0.136. The molecule has 0 aliphatic heterocycles. The molecule has 3 rings (SSSR count). The molecule has 0 fully saturated rings. The van der Waals surface area contributed by atoms with Crippen LogP contribution in [0.2, 0.25) is 0 Å². The maximum absolute atomic E-state index is 10.6. The van der Waals surface area contributed by atoms with Crippen LogP contribution in [0.3, 0.4) is 0 Å². The topological polar surface area (TPSA) is 54.6 Å². The fourth-order valence-corrected chi connectivity index (χ4v) is 3.02. The molecule has 3 aromatic rings. The van der Waals surface area contributed by atoms with Gasteiger partial charge in [-0.2, -0.15) is 0 Å². The minimum atomic E-state index is -0.852. The standard InChI is InChI=1S/C14H12N2O2S/c17-13(18)7-11-8-16-9-12(19-14(16)15-11)6-10-4-2-1-3-5-10/h1-5,8-9H,6-7H2,(H,17,18). The average molecular weight is 272 g/mol. The molecule has 0 unspecified atom stereocenters. The third kappa shape index (κ3) is 2.66. The number of aliphatic carboxylic acids is 1. The molecule has 0 atom stereocenters. The molecule has 1 N–H and O–H groups in total. The average Bonchev–Trinajstić information content (AvgIpc) is 2.87. The minimum absolute atomic E-state index is 0.0254. The Kier molecular flexibility index (Phi) is 3.05. The summed E-state index contributed by atoms with van der Waals surface area (Å²) in [5.41, 5.74) is 1.86. The molecule has 1 aromatic carbocycles. The fraction of sp³-hybridized carbons (Fsp3) is 0.143. The number of carboxylic acid groups (broad SMARTS) is 1. The Bertz CT molecular complexity index is 684. The van der Waals surface area contributed by atoms with Gasteiger partial charge in [-0.3, -0.25) is 9.20 Å². The van der Waals surface area contributed by atoms with Gasteiger partial charge in [-0.1, -0.05) is 30.3 Å². The third-order valence-corrected chi connectivity index (χ3v) is 3.80. The highest BCUT2D eigenvalue weighted by Gasteiger charge is 2.09. The number of nitrogens with zero attached hydrogens (tertiary/aromatic N) is 2. The van der Waals surface area contributed by atoms with Crippen LogP contribution in [0, 0.1) is 0 Å². The second-order valence-corrected chi connectivity index (χ2v) is 5.45. The molecule has 4 nitrogen and oxygen atoms in total. The van der Waals surface area contributed by atoms with Crippen molar-refractivity contribution in [3.63, 3.8) is 0 Å². The Morgan fingerprint density at radius 3 is 2.74 bits per heavy atom. The van der Waals surface area contributed by atoms with Crippen molar-refractivity contribution in [2.45, 2.75) is 12.8 Å². The van der Waals surface area contributed by atoms with Gasteiger partial charge in [-0.15, -0.1) is 11.3 Å². The van der Waals surface area contributed by atoms with Gasteiger partial charge in [0.05, 0.1) is 12.1 Å². The Morgan fingerprint density at radius 2 is 2.05 bits per heavy atom. The summed E-state index contributed by atoms with van der Waals surface area (Å²) in [7, 11) is 0. The molecule has 2 heterocycles. The van der Waals surface area contributed by atoms with Crippen molar-refractivity contribution in [1.82, 2.24) is 9.38 Å². The first-order chi connectivity index (χ1) is 9.20. The van der Waals surface area contributed by atoms with Crippen LogP contribution in [0.4, 0.5) is 0 Å². The van der Waals surface area contributed by atoms with Crippen LogP contribution < -0.4 is 0 Å². The zero-order valence-electron chi connectivity index (χ0n) is 10.1. The van der Waals surface area contributed by atoms with E-state index >= 15 is 0 Å². The number of thiazole rings is 1. The van der Waals surface area contributed by atoms with Crippen molar-refractivity contribution in [1.29, 1.82) is 0 Å². The van der Waals surface area contributed by atoms with Crippen molar-refractivity contribution < 1.29 is 9.90 Å². The second-order valence-electron chi connectivity index (χ2n) is 4.35. The van der Waals surface area contributed by atoms with Gasteiger partial charge in [0.2, 0.25) is 0 Å². The van der Waals surface area contributed by atoms with E-state index in [9.17, 15) is 4.79 Å². The van der Waals surface area contributed by atoms with Crippen molar-refractivity contribution in [3.8, 4) is 0 Å². The maximum atomic E-state index is 10.6. The first-order valence-electron chi connectivity index (χ1n) is 5.93. The first kappa shape index (κ1) is 11.9. The highest BCUT2D eigenvalue weighted by atomic mass is 32.1. The molecule has 96 valence electrons. The van der Waals surface area contributed by atoms with Crippen LogP contribution in [-0.2, 0) is 17.6 Å². The van der Waals surface area contributed by atoms with Gasteiger partial charge in [0.15, 0.2) is 4.96 Å². The van der Waals surface area contributed by atoms with E-state index in [-0.39, 0.29) is 6.42 Å². The van der Waals surface area contributed by atoms with Crippen LogP contribution in [0.1, 0.15) is 16.1 Å². The van der Waals surface area contributed by atoms with E-state index < -0.39 is 5.97 Å². The van der Waals surface area contributed by atoms with Gasteiger partial charge in [0.25, 0.3) is 0 Å². The number of fused-ring (bicyclic) bond motifs is 1. The van der Waals surface area contributed by atoms with E-state index in [1.807, 2.05) is 28.8 Å². The molecular weight excluding hydrogens is 260 g/mol. The molecule has 0 bridgehead atoms. The zero-order valence-corrected chi connectivity index (χ0v) is 10.9. The van der Waals surface area contributed by atoms with Gasteiger partial charge in [0, 0.05) is 23.7 Å². The number of carboxylic acids is 1. The number of hydrogen-bond donors (Lipinski definition) is 1. The Labute approximate surface area is 114 Å². The smallest absolute Gasteiger partial charge is 0.309 e. The van der Waals surface area contributed by atoms with Crippen molar-refractivity contribution in [3.05, 3.63) is 58.9 Å². The molecule has 0 radical (unpaired) electrons. The fourth-order valence-electron chi connectivity index (χ4n) is 2.01. The molecule has 0 saturated heterocycles. The lowest BCUT2D eigenvalue weighted by Crippen LogP contribution is -1.99. The van der Waals surface area contributed by atoms with Crippen LogP contribution in [-0.4, -0.2) is 20.5 Å². The Hall–Kier alpha value is -2.14. The Morgan fingerprint density at radius 1 is 1.26 bits per heavy atom. The van der Waals surface area contributed by atoms with E-state index in [0.29, 0.717) is 5.69 Å². The number of imidazole rings is 1. The SMILES string of the molecule is O=C(O)Cc1cn2cc(Cc3ccccc3)sc2n1. The number of rotatable bonds is 4. The summed E-state index contributed by atoms with van der Waals surface area (Å²) < 4.78 is 1.90. The summed E-state index contributed by atoms with van der Waals surface area (Å²) in [5, 5.41) is 8.73. The molecule has 19 heavy (non-hydrogen) atoms. The predicted molar refractivity (Wildman–Crippen MR) is 73.7 cm³/mol. The van der Waals surface area contributed by atoms with Gasteiger partial charge >= 0.3 is 5.97 Å². The lowest BCUT2D eigenvalue weighted by Gasteiger charge is -1.96. The molecule has 0 aliphatic rings. The van der Waals surface area contributed by atoms with Gasteiger partial charge < -0.3 is 5.11 Å². The lowest BCUT2D eigenvalue weighted by atomic mass is 10.1. The van der Waals surface area contributed by atoms with Crippen LogP contribution >= 0.6 is 11.3 Å². The van der Waals surface area contributed by atoms with Crippen molar-refractivity contribution >= 4 is 22.3 Å². The van der Waals surface area contributed by atoms with E-state index in [2.05, 4.69) is 17.1 Å². The van der Waals surface area contributed by atoms with Gasteiger partial charge in [-0.25, -0.2) is 4.98 Å². The van der Waals surface area contributed by atoms with E-state index in [4.69, 9.17) is 5.11 Å². The summed E-state index contributed by atoms with van der Waals surface area (Å²) >= 11 is 1.60. The normalized spacial score (nSPS) is 10.9. The first-order valence-corrected chi connectivity index (χ1v) is 6.74. The minimum Gasteiger partial charge on any atom is -0.481 e. The molecule has 0 saturated carbocycles. The van der Waals surface area contributed by atoms with Crippen LogP contribution in [0.25, 0.3) is 4.96 Å². The third-order valence-electron chi connectivity index (χ3n) is 2.81. The second kappa shape index (κ2) is 4.85. The van der Waals surface area contributed by atoms with Crippen molar-refractivity contribution in [2.75, 3.05) is 0 Å². The monoisotopic (exact) mass is 272 g/mol. The molecule has 0 spiro atoms. The molecule has 2 aromatic heterocycles. The number of carbonyl (C=O) groups is 1.